The van der Waals surface area contributed by atoms with E-state index in [0.717, 1.165) is 0 Å². The third-order valence-corrected chi connectivity index (χ3v) is 1.41. The zero-order chi connectivity index (χ0) is 8.57. The Morgan fingerprint density at radius 2 is 0.909 bits per heavy atom. The SMILES string of the molecule is CC[S-](=O)=O.CC[S-](=O)=O.[Mg+2]. The molecule has 4 nitrogen and oxygen atoms in total. The summed E-state index contributed by atoms with van der Waals surface area (Å²) in [5.41, 5.74) is 0. The van der Waals surface area contributed by atoms with Crippen LogP contribution in [0.4, 0.5) is 0 Å². The third kappa shape index (κ3) is 36.8. The second-order valence-corrected chi connectivity index (χ2v) is 3.55. The molecule has 0 saturated carbocycles. The number of hydrogen-bond donors (Lipinski definition) is 0. The largest absolute Gasteiger partial charge is 2.00 e. The first-order valence-corrected chi connectivity index (χ1v) is 5.15. The Morgan fingerprint density at radius 1 is 0.818 bits per heavy atom. The van der Waals surface area contributed by atoms with Crippen LogP contribution in [0.5, 0.6) is 0 Å². The van der Waals surface area contributed by atoms with Crippen molar-refractivity contribution in [2.24, 2.45) is 0 Å². The van der Waals surface area contributed by atoms with E-state index in [0.29, 0.717) is 0 Å². The molecular formula is C4H10MgO4S2. The van der Waals surface area contributed by atoms with Crippen molar-refractivity contribution >= 4 is 44.5 Å². The van der Waals surface area contributed by atoms with E-state index >= 15 is 0 Å². The number of rotatable bonds is 2. The van der Waals surface area contributed by atoms with Gasteiger partial charge in [-0.15, -0.1) is 0 Å². The molecule has 11 heavy (non-hydrogen) atoms. The van der Waals surface area contributed by atoms with Gasteiger partial charge in [0, 0.05) is 0 Å². The summed E-state index contributed by atoms with van der Waals surface area (Å²) < 4.78 is 37.5. The van der Waals surface area contributed by atoms with E-state index in [1.807, 2.05) is 0 Å². The summed E-state index contributed by atoms with van der Waals surface area (Å²) >= 11 is 0. The average Bonchev–Trinajstić information content (AvgIpc) is 1.89. The minimum atomic E-state index is -1.82. The van der Waals surface area contributed by atoms with E-state index in [2.05, 4.69) is 0 Å². The van der Waals surface area contributed by atoms with Crippen LogP contribution in [0.3, 0.4) is 0 Å². The summed E-state index contributed by atoms with van der Waals surface area (Å²) in [5.74, 6) is 0.444. The summed E-state index contributed by atoms with van der Waals surface area (Å²) in [6.45, 7) is 3.17. The molecule has 0 bridgehead atoms. The molecule has 0 aromatic rings. The van der Waals surface area contributed by atoms with Gasteiger partial charge in [-0.3, -0.25) is 0 Å². The average molecular weight is 211 g/mol. The van der Waals surface area contributed by atoms with Crippen LogP contribution in [0, 0.1) is 0 Å². The Balaban J connectivity index is -0.000000107. The standard InChI is InChI=1S/2C2H5O2S.Mg/c2*1-2-5(3)4;/h2*2H2,1H3;/q2*-1;+2. The van der Waals surface area contributed by atoms with Crippen LogP contribution >= 0.6 is 0 Å². The second kappa shape index (κ2) is 13.3. The quantitative estimate of drug-likeness (QED) is 0.484. The van der Waals surface area contributed by atoms with Crippen LogP contribution in [0.15, 0.2) is 0 Å². The zero-order valence-electron chi connectivity index (χ0n) is 6.57. The molecule has 0 aromatic carbocycles. The van der Waals surface area contributed by atoms with Crippen molar-refractivity contribution in [1.82, 2.24) is 0 Å². The maximum Gasteiger partial charge on any atom is 2.00 e. The molecule has 0 fully saturated rings. The van der Waals surface area contributed by atoms with E-state index in [1.54, 1.807) is 13.8 Å². The van der Waals surface area contributed by atoms with Gasteiger partial charge in [-0.2, -0.15) is 0 Å². The molecule has 0 spiro atoms. The van der Waals surface area contributed by atoms with E-state index in [9.17, 15) is 16.8 Å². The van der Waals surface area contributed by atoms with E-state index < -0.39 is 21.4 Å². The van der Waals surface area contributed by atoms with Gasteiger partial charge in [-0.05, 0) is 0 Å². The molecule has 0 unspecified atom stereocenters. The van der Waals surface area contributed by atoms with Crippen LogP contribution in [-0.2, 0) is 38.2 Å². The first kappa shape index (κ1) is 17.7. The van der Waals surface area contributed by atoms with Crippen molar-refractivity contribution in [2.45, 2.75) is 13.8 Å². The number of hydrogen-bond acceptors (Lipinski definition) is 6. The Kier molecular flexibility index (Phi) is 21.3. The minimum absolute atomic E-state index is 0. The van der Waals surface area contributed by atoms with Gasteiger partial charge in [0.25, 0.3) is 0 Å². The van der Waals surface area contributed by atoms with Crippen LogP contribution in [0.25, 0.3) is 0 Å². The molecule has 0 aliphatic rings. The van der Waals surface area contributed by atoms with Gasteiger partial charge in [0.2, 0.25) is 0 Å². The summed E-state index contributed by atoms with van der Waals surface area (Å²) in [4.78, 5) is 0. The second-order valence-electron chi connectivity index (χ2n) is 1.18. The van der Waals surface area contributed by atoms with Crippen molar-refractivity contribution < 1.29 is 16.8 Å². The van der Waals surface area contributed by atoms with Crippen molar-refractivity contribution in [3.63, 3.8) is 0 Å². The van der Waals surface area contributed by atoms with Gasteiger partial charge in [0.15, 0.2) is 0 Å². The van der Waals surface area contributed by atoms with Crippen LogP contribution in [0.1, 0.15) is 13.8 Å². The monoisotopic (exact) mass is 210 g/mol. The van der Waals surface area contributed by atoms with Crippen molar-refractivity contribution in [1.29, 1.82) is 0 Å². The molecule has 0 radical (unpaired) electrons. The van der Waals surface area contributed by atoms with Gasteiger partial charge < -0.3 is 16.8 Å². The predicted molar refractivity (Wildman–Crippen MR) is 44.3 cm³/mol. The summed E-state index contributed by atoms with van der Waals surface area (Å²) in [6.07, 6.45) is 0. The topological polar surface area (TPSA) is 68.3 Å². The van der Waals surface area contributed by atoms with Crippen LogP contribution in [0.2, 0.25) is 0 Å². The fourth-order valence-corrected chi connectivity index (χ4v) is 0. The zero-order valence-corrected chi connectivity index (χ0v) is 9.62. The molecule has 0 saturated heterocycles. The first-order valence-electron chi connectivity index (χ1n) is 2.66. The minimum Gasteiger partial charge on any atom is -0.424 e. The Hall–Kier alpha value is 0.666. The van der Waals surface area contributed by atoms with Crippen molar-refractivity contribution in [3.8, 4) is 0 Å². The van der Waals surface area contributed by atoms with Gasteiger partial charge in [0.05, 0.1) is 0 Å². The van der Waals surface area contributed by atoms with E-state index in [-0.39, 0.29) is 34.6 Å². The Morgan fingerprint density at radius 3 is 0.909 bits per heavy atom. The van der Waals surface area contributed by atoms with Crippen LogP contribution in [-0.4, -0.2) is 34.6 Å². The summed E-state index contributed by atoms with van der Waals surface area (Å²) in [7, 11) is -3.65. The first-order chi connectivity index (χ1) is 4.54. The third-order valence-electron chi connectivity index (χ3n) is 0.471. The molecule has 0 aromatic heterocycles. The van der Waals surface area contributed by atoms with E-state index in [1.165, 1.54) is 0 Å². The molecule has 0 amide bonds. The molecular weight excluding hydrogens is 200 g/mol. The molecule has 0 aliphatic heterocycles. The van der Waals surface area contributed by atoms with Gasteiger partial charge in [-0.1, -0.05) is 46.8 Å². The van der Waals surface area contributed by atoms with E-state index in [4.69, 9.17) is 0 Å². The fourth-order valence-electron chi connectivity index (χ4n) is 0. The van der Waals surface area contributed by atoms with Crippen molar-refractivity contribution in [2.75, 3.05) is 11.5 Å². The normalized spacial score (nSPS) is 8.36. The Bertz CT molecular complexity index is 158. The molecule has 0 N–H and O–H groups in total. The maximum absolute atomic E-state index is 9.37. The van der Waals surface area contributed by atoms with Gasteiger partial charge in [0.1, 0.15) is 0 Å². The summed E-state index contributed by atoms with van der Waals surface area (Å²) in [5, 5.41) is 0. The van der Waals surface area contributed by atoms with Gasteiger partial charge >= 0.3 is 23.1 Å². The molecule has 0 atom stereocenters. The fraction of sp³-hybridized carbons (Fsp3) is 1.00. The Labute approximate surface area is 86.4 Å². The molecule has 0 aliphatic carbocycles. The van der Waals surface area contributed by atoms with Crippen LogP contribution < -0.4 is 0 Å². The summed E-state index contributed by atoms with van der Waals surface area (Å²) in [6, 6.07) is 0. The van der Waals surface area contributed by atoms with Gasteiger partial charge in [-0.25, -0.2) is 0 Å². The van der Waals surface area contributed by atoms with Crippen molar-refractivity contribution in [3.05, 3.63) is 0 Å². The molecule has 0 rings (SSSR count). The maximum atomic E-state index is 9.37. The molecule has 0 heterocycles. The predicted octanol–water partition coefficient (Wildman–Crippen LogP) is 0.250. The molecule has 7 heteroatoms. The smallest absolute Gasteiger partial charge is 0.424 e. The molecule has 64 valence electrons.